The van der Waals surface area contributed by atoms with Gasteiger partial charge in [-0.15, -0.1) is 0 Å². The molecular weight excluding hydrogens is 504 g/mol. The molecule has 0 spiro atoms. The van der Waals surface area contributed by atoms with E-state index < -0.39 is 0 Å². The van der Waals surface area contributed by atoms with Crippen LogP contribution in [0.2, 0.25) is 5.02 Å². The summed E-state index contributed by atoms with van der Waals surface area (Å²) in [6.45, 7) is 0.373. The molecule has 0 atom stereocenters. The van der Waals surface area contributed by atoms with Crippen molar-refractivity contribution in [1.82, 2.24) is 5.43 Å². The highest BCUT2D eigenvalue weighted by Gasteiger charge is 2.13. The zero-order valence-electron chi connectivity index (χ0n) is 17.7. The van der Waals surface area contributed by atoms with Gasteiger partial charge in [-0.3, -0.25) is 4.79 Å². The molecule has 0 aliphatic heterocycles. The highest BCUT2D eigenvalue weighted by molar-refractivity contribution is 9.10. The summed E-state index contributed by atoms with van der Waals surface area (Å²) in [5.41, 5.74) is 4.72. The summed E-state index contributed by atoms with van der Waals surface area (Å²) in [6, 6.07) is 24.5. The summed E-state index contributed by atoms with van der Waals surface area (Å²) in [5, 5.41) is 6.89. The monoisotopic (exact) mass is 522 g/mol. The van der Waals surface area contributed by atoms with Crippen molar-refractivity contribution in [3.05, 3.63) is 105 Å². The predicted molar refractivity (Wildman–Crippen MR) is 135 cm³/mol. The van der Waals surface area contributed by atoms with Crippen LogP contribution < -0.4 is 14.9 Å². The van der Waals surface area contributed by atoms with Crippen LogP contribution in [-0.4, -0.2) is 19.2 Å². The third kappa shape index (κ3) is 5.53. The molecule has 166 valence electrons. The summed E-state index contributed by atoms with van der Waals surface area (Å²) in [6.07, 6.45) is 1.60. The van der Waals surface area contributed by atoms with Crippen molar-refractivity contribution in [3.63, 3.8) is 0 Å². The minimum Gasteiger partial charge on any atom is -0.496 e. The number of rotatable bonds is 7. The second-order valence-electron chi connectivity index (χ2n) is 7.16. The van der Waals surface area contributed by atoms with E-state index in [2.05, 4.69) is 26.5 Å². The molecule has 0 saturated heterocycles. The number of hydrogen-bond donors (Lipinski definition) is 1. The highest BCUT2D eigenvalue weighted by atomic mass is 79.9. The molecule has 0 saturated carbocycles. The van der Waals surface area contributed by atoms with Crippen LogP contribution in [0.15, 0.2) is 88.4 Å². The lowest BCUT2D eigenvalue weighted by atomic mass is 10.0. The molecule has 0 radical (unpaired) electrons. The van der Waals surface area contributed by atoms with Crippen LogP contribution in [-0.2, 0) is 6.61 Å². The van der Waals surface area contributed by atoms with Gasteiger partial charge in [0.15, 0.2) is 0 Å². The topological polar surface area (TPSA) is 59.9 Å². The molecule has 4 rings (SSSR count). The van der Waals surface area contributed by atoms with Gasteiger partial charge in [0.1, 0.15) is 18.1 Å². The number of carbonyl (C=O) groups excluding carboxylic acids is 1. The van der Waals surface area contributed by atoms with E-state index in [1.807, 2.05) is 60.7 Å². The lowest BCUT2D eigenvalue weighted by Gasteiger charge is -2.12. The fourth-order valence-corrected chi connectivity index (χ4v) is 3.84. The number of benzene rings is 4. The first kappa shape index (κ1) is 22.8. The van der Waals surface area contributed by atoms with E-state index in [1.165, 1.54) is 7.11 Å². The van der Waals surface area contributed by atoms with Crippen LogP contribution in [0.5, 0.6) is 11.5 Å². The number of nitrogens with one attached hydrogen (secondary N) is 1. The van der Waals surface area contributed by atoms with E-state index in [0.717, 1.165) is 26.4 Å². The Morgan fingerprint density at radius 2 is 1.79 bits per heavy atom. The third-order valence-electron chi connectivity index (χ3n) is 5.00. The summed E-state index contributed by atoms with van der Waals surface area (Å²) >= 11 is 9.35. The molecule has 0 bridgehead atoms. The van der Waals surface area contributed by atoms with Gasteiger partial charge in [0.05, 0.1) is 18.9 Å². The van der Waals surface area contributed by atoms with Crippen molar-refractivity contribution in [3.8, 4) is 11.5 Å². The van der Waals surface area contributed by atoms with Crippen molar-refractivity contribution in [2.75, 3.05) is 7.11 Å². The van der Waals surface area contributed by atoms with Gasteiger partial charge < -0.3 is 9.47 Å². The van der Waals surface area contributed by atoms with Gasteiger partial charge in [-0.2, -0.15) is 5.10 Å². The van der Waals surface area contributed by atoms with Crippen molar-refractivity contribution in [2.24, 2.45) is 5.10 Å². The van der Waals surface area contributed by atoms with E-state index in [9.17, 15) is 4.79 Å². The first-order valence-corrected chi connectivity index (χ1v) is 11.3. The average molecular weight is 524 g/mol. The number of methoxy groups -OCH3 is 1. The van der Waals surface area contributed by atoms with Crippen LogP contribution in [0.3, 0.4) is 0 Å². The standard InChI is InChI=1S/C26H20BrClN2O3/c1-32-24-13-9-19(27)14-22(24)26(31)30-29-15-23-21-5-3-2-4-18(21)8-12-25(23)33-16-17-6-10-20(28)11-7-17/h2-15H,16H2,1H3,(H,30,31)/b29-15-. The van der Waals surface area contributed by atoms with Crippen LogP contribution in [0, 0.1) is 0 Å². The maximum atomic E-state index is 12.7. The molecule has 0 aliphatic carbocycles. The predicted octanol–water partition coefficient (Wildman–Crippen LogP) is 6.61. The maximum Gasteiger partial charge on any atom is 0.275 e. The molecule has 5 nitrogen and oxygen atoms in total. The second-order valence-corrected chi connectivity index (χ2v) is 8.51. The Morgan fingerprint density at radius 3 is 2.58 bits per heavy atom. The van der Waals surface area contributed by atoms with Gasteiger partial charge in [-0.1, -0.05) is 70.0 Å². The Bertz CT molecular complexity index is 1320. The molecule has 0 unspecified atom stereocenters. The number of nitrogens with zero attached hydrogens (tertiary/aromatic N) is 1. The van der Waals surface area contributed by atoms with E-state index in [4.69, 9.17) is 21.1 Å². The van der Waals surface area contributed by atoms with E-state index in [0.29, 0.717) is 28.7 Å². The van der Waals surface area contributed by atoms with Crippen molar-refractivity contribution in [2.45, 2.75) is 6.61 Å². The van der Waals surface area contributed by atoms with Crippen molar-refractivity contribution < 1.29 is 14.3 Å². The first-order chi connectivity index (χ1) is 16.0. The van der Waals surface area contributed by atoms with Crippen molar-refractivity contribution >= 4 is 50.4 Å². The van der Waals surface area contributed by atoms with E-state index >= 15 is 0 Å². The van der Waals surface area contributed by atoms with Crippen molar-refractivity contribution in [1.29, 1.82) is 0 Å². The minimum absolute atomic E-state index is 0.373. The Balaban J connectivity index is 1.59. The summed E-state index contributed by atoms with van der Waals surface area (Å²) in [7, 11) is 1.52. The summed E-state index contributed by atoms with van der Waals surface area (Å²) in [4.78, 5) is 12.7. The molecule has 0 aliphatic rings. The molecule has 0 heterocycles. The molecule has 1 amide bonds. The number of hydrazone groups is 1. The van der Waals surface area contributed by atoms with Crippen LogP contribution in [0.25, 0.3) is 10.8 Å². The Kier molecular flexibility index (Phi) is 7.27. The molecular formula is C26H20BrClN2O3. The Hall–Kier alpha value is -3.35. The molecule has 33 heavy (non-hydrogen) atoms. The fourth-order valence-electron chi connectivity index (χ4n) is 3.35. The van der Waals surface area contributed by atoms with E-state index in [-0.39, 0.29) is 5.91 Å². The van der Waals surface area contributed by atoms with Gasteiger partial charge in [0.2, 0.25) is 0 Å². The smallest absolute Gasteiger partial charge is 0.275 e. The fraction of sp³-hybridized carbons (Fsp3) is 0.0769. The molecule has 0 fully saturated rings. The average Bonchev–Trinajstić information content (AvgIpc) is 2.84. The highest BCUT2D eigenvalue weighted by Crippen LogP contribution is 2.28. The maximum absolute atomic E-state index is 12.7. The van der Waals surface area contributed by atoms with Gasteiger partial charge in [0.25, 0.3) is 5.91 Å². The SMILES string of the molecule is COc1ccc(Br)cc1C(=O)N/N=C\c1c(OCc2ccc(Cl)cc2)ccc2ccccc12. The molecule has 4 aromatic carbocycles. The largest absolute Gasteiger partial charge is 0.496 e. The number of amides is 1. The summed E-state index contributed by atoms with van der Waals surface area (Å²) < 4.78 is 12.1. The number of fused-ring (bicyclic) bond motifs is 1. The van der Waals surface area contributed by atoms with Gasteiger partial charge in [-0.05, 0) is 52.7 Å². The van der Waals surface area contributed by atoms with Gasteiger partial charge >= 0.3 is 0 Å². The number of halogens is 2. The normalized spacial score (nSPS) is 11.0. The zero-order valence-corrected chi connectivity index (χ0v) is 20.1. The van der Waals surface area contributed by atoms with Gasteiger partial charge in [-0.25, -0.2) is 5.43 Å². The number of carbonyl (C=O) groups is 1. The third-order valence-corrected chi connectivity index (χ3v) is 5.75. The van der Waals surface area contributed by atoms with E-state index in [1.54, 1.807) is 24.4 Å². The number of hydrogen-bond acceptors (Lipinski definition) is 4. The molecule has 7 heteroatoms. The molecule has 1 N–H and O–H groups in total. The number of ether oxygens (including phenoxy) is 2. The summed E-state index contributed by atoms with van der Waals surface area (Å²) in [5.74, 6) is 0.734. The minimum atomic E-state index is -0.381. The van der Waals surface area contributed by atoms with Crippen LogP contribution in [0.1, 0.15) is 21.5 Å². The quantitative estimate of drug-likeness (QED) is 0.219. The molecule has 4 aromatic rings. The molecule has 0 aromatic heterocycles. The van der Waals surface area contributed by atoms with Crippen LogP contribution in [0.4, 0.5) is 0 Å². The Morgan fingerprint density at radius 1 is 1.03 bits per heavy atom. The zero-order chi connectivity index (χ0) is 23.2. The first-order valence-electron chi connectivity index (χ1n) is 10.1. The lowest BCUT2D eigenvalue weighted by Crippen LogP contribution is -2.18. The lowest BCUT2D eigenvalue weighted by molar-refractivity contribution is 0.0952. The van der Waals surface area contributed by atoms with Gasteiger partial charge in [0, 0.05) is 15.1 Å². The Labute approximate surface area is 205 Å². The van der Waals surface area contributed by atoms with Crippen LogP contribution >= 0.6 is 27.5 Å². The second kappa shape index (κ2) is 10.5.